The molecule has 3 unspecified atom stereocenters. The Kier molecular flexibility index (Phi) is 5.76. The monoisotopic (exact) mass is 289 g/mol. The molecule has 0 bridgehead atoms. The summed E-state index contributed by atoms with van der Waals surface area (Å²) in [5.74, 6) is 0.327. The summed E-state index contributed by atoms with van der Waals surface area (Å²) in [5.41, 5.74) is 1.17. The summed E-state index contributed by atoms with van der Waals surface area (Å²) in [6.45, 7) is 3.90. The van der Waals surface area contributed by atoms with Gasteiger partial charge < -0.3 is 15.5 Å². The first kappa shape index (κ1) is 16.0. The number of hydrogen-bond donors (Lipinski definition) is 2. The minimum Gasteiger partial charge on any atom is -0.348 e. The smallest absolute Gasteiger partial charge is 0.223 e. The Hall–Kier alpha value is -1.39. The van der Waals surface area contributed by atoms with E-state index in [1.165, 1.54) is 5.56 Å². The molecule has 0 saturated carbocycles. The second kappa shape index (κ2) is 7.57. The molecule has 1 saturated heterocycles. The zero-order chi connectivity index (χ0) is 15.2. The highest BCUT2D eigenvalue weighted by molar-refractivity contribution is 5.79. The molecule has 1 aromatic rings. The van der Waals surface area contributed by atoms with Crippen molar-refractivity contribution in [2.75, 3.05) is 27.2 Å². The molecule has 4 nitrogen and oxygen atoms in total. The molecule has 0 radical (unpaired) electrons. The van der Waals surface area contributed by atoms with Gasteiger partial charge in [0.2, 0.25) is 5.91 Å². The van der Waals surface area contributed by atoms with Crippen molar-refractivity contribution < 1.29 is 4.79 Å². The van der Waals surface area contributed by atoms with Crippen molar-refractivity contribution in [2.24, 2.45) is 5.92 Å². The third-order valence-electron chi connectivity index (χ3n) is 4.06. The van der Waals surface area contributed by atoms with E-state index in [0.717, 1.165) is 25.9 Å². The summed E-state index contributed by atoms with van der Waals surface area (Å²) in [6.07, 6.45) is 1.86. The number of likely N-dealkylation sites (N-methyl/N-ethyl adjacent to an activating group) is 1. The molecular formula is C17H27N3O. The molecule has 2 N–H and O–H groups in total. The standard InChI is InChI=1S/C17H27N3O/c1-13-11-15(9-10-18-13)17(21)19-16(12-20(2)3)14-7-5-4-6-8-14/h4-8,13,15-16,18H,9-12H2,1-3H3,(H,19,21). The molecular weight excluding hydrogens is 262 g/mol. The van der Waals surface area contributed by atoms with E-state index in [4.69, 9.17) is 0 Å². The van der Waals surface area contributed by atoms with Crippen LogP contribution < -0.4 is 10.6 Å². The van der Waals surface area contributed by atoms with Crippen LogP contribution in [0.15, 0.2) is 30.3 Å². The zero-order valence-electron chi connectivity index (χ0n) is 13.3. The van der Waals surface area contributed by atoms with Crippen LogP contribution >= 0.6 is 0 Å². The Labute approximate surface area is 127 Å². The van der Waals surface area contributed by atoms with E-state index in [2.05, 4.69) is 34.6 Å². The Balaban J connectivity index is 2.02. The lowest BCUT2D eigenvalue weighted by molar-refractivity contribution is -0.127. The molecule has 1 fully saturated rings. The first-order valence-electron chi connectivity index (χ1n) is 7.79. The predicted molar refractivity (Wildman–Crippen MR) is 86.1 cm³/mol. The van der Waals surface area contributed by atoms with Crippen LogP contribution in [-0.2, 0) is 4.79 Å². The molecule has 1 aromatic carbocycles. The van der Waals surface area contributed by atoms with Crippen molar-refractivity contribution in [3.05, 3.63) is 35.9 Å². The number of rotatable bonds is 5. The maximum absolute atomic E-state index is 12.6. The quantitative estimate of drug-likeness (QED) is 0.868. The number of nitrogens with one attached hydrogen (secondary N) is 2. The topological polar surface area (TPSA) is 44.4 Å². The summed E-state index contributed by atoms with van der Waals surface area (Å²) in [7, 11) is 4.07. The van der Waals surface area contributed by atoms with E-state index in [1.54, 1.807) is 0 Å². The molecule has 116 valence electrons. The molecule has 21 heavy (non-hydrogen) atoms. The van der Waals surface area contributed by atoms with Crippen LogP contribution in [0.2, 0.25) is 0 Å². The molecule has 1 aliphatic heterocycles. The van der Waals surface area contributed by atoms with Crippen molar-refractivity contribution in [3.8, 4) is 0 Å². The molecule has 0 spiro atoms. The lowest BCUT2D eigenvalue weighted by Gasteiger charge is -2.30. The molecule has 1 aliphatic rings. The van der Waals surface area contributed by atoms with Gasteiger partial charge in [0, 0.05) is 18.5 Å². The minimum absolute atomic E-state index is 0.0545. The molecule has 1 amide bonds. The number of piperidine rings is 1. The van der Waals surface area contributed by atoms with Crippen LogP contribution in [0.25, 0.3) is 0 Å². The number of carbonyl (C=O) groups is 1. The summed E-state index contributed by atoms with van der Waals surface area (Å²) in [6, 6.07) is 10.7. The molecule has 2 rings (SSSR count). The maximum Gasteiger partial charge on any atom is 0.223 e. The van der Waals surface area contributed by atoms with E-state index >= 15 is 0 Å². The molecule has 3 atom stereocenters. The van der Waals surface area contributed by atoms with Crippen molar-refractivity contribution in [3.63, 3.8) is 0 Å². The fourth-order valence-electron chi connectivity index (χ4n) is 2.94. The Morgan fingerprint density at radius 2 is 2.10 bits per heavy atom. The van der Waals surface area contributed by atoms with Gasteiger partial charge in [-0.15, -0.1) is 0 Å². The minimum atomic E-state index is 0.0545. The molecule has 0 aliphatic carbocycles. The second-order valence-corrected chi connectivity index (χ2v) is 6.31. The highest BCUT2D eigenvalue weighted by Crippen LogP contribution is 2.19. The number of hydrogen-bond acceptors (Lipinski definition) is 3. The average molecular weight is 289 g/mol. The average Bonchev–Trinajstić information content (AvgIpc) is 2.47. The van der Waals surface area contributed by atoms with E-state index in [-0.39, 0.29) is 17.9 Å². The van der Waals surface area contributed by atoms with Crippen LogP contribution in [-0.4, -0.2) is 44.0 Å². The summed E-state index contributed by atoms with van der Waals surface area (Å²) >= 11 is 0. The molecule has 0 aromatic heterocycles. The zero-order valence-corrected chi connectivity index (χ0v) is 13.3. The molecule has 1 heterocycles. The largest absolute Gasteiger partial charge is 0.348 e. The summed E-state index contributed by atoms with van der Waals surface area (Å²) in [4.78, 5) is 14.7. The van der Waals surface area contributed by atoms with Gasteiger partial charge in [-0.25, -0.2) is 0 Å². The van der Waals surface area contributed by atoms with Crippen LogP contribution in [0, 0.1) is 5.92 Å². The van der Waals surface area contributed by atoms with Gasteiger partial charge in [-0.3, -0.25) is 4.79 Å². The highest BCUT2D eigenvalue weighted by Gasteiger charge is 2.26. The van der Waals surface area contributed by atoms with Crippen molar-refractivity contribution in [1.82, 2.24) is 15.5 Å². The van der Waals surface area contributed by atoms with Gasteiger partial charge in [0.1, 0.15) is 0 Å². The third-order valence-corrected chi connectivity index (χ3v) is 4.06. The Morgan fingerprint density at radius 1 is 1.38 bits per heavy atom. The van der Waals surface area contributed by atoms with Crippen LogP contribution in [0.4, 0.5) is 0 Å². The summed E-state index contributed by atoms with van der Waals surface area (Å²) < 4.78 is 0. The van der Waals surface area contributed by atoms with E-state index in [0.29, 0.717) is 6.04 Å². The second-order valence-electron chi connectivity index (χ2n) is 6.31. The van der Waals surface area contributed by atoms with Crippen molar-refractivity contribution >= 4 is 5.91 Å². The maximum atomic E-state index is 12.6. The van der Waals surface area contributed by atoms with E-state index in [9.17, 15) is 4.79 Å². The van der Waals surface area contributed by atoms with Crippen molar-refractivity contribution in [2.45, 2.75) is 31.8 Å². The van der Waals surface area contributed by atoms with Gasteiger partial charge in [-0.2, -0.15) is 0 Å². The van der Waals surface area contributed by atoms with Crippen LogP contribution in [0.5, 0.6) is 0 Å². The number of carbonyl (C=O) groups excluding carboxylic acids is 1. The Morgan fingerprint density at radius 3 is 2.71 bits per heavy atom. The summed E-state index contributed by atoms with van der Waals surface area (Å²) in [5, 5.41) is 6.64. The van der Waals surface area contributed by atoms with Gasteiger partial charge in [0.15, 0.2) is 0 Å². The van der Waals surface area contributed by atoms with Crippen LogP contribution in [0.1, 0.15) is 31.4 Å². The highest BCUT2D eigenvalue weighted by atomic mass is 16.2. The first-order chi connectivity index (χ1) is 10.1. The molecule has 4 heteroatoms. The van der Waals surface area contributed by atoms with E-state index in [1.807, 2.05) is 32.3 Å². The van der Waals surface area contributed by atoms with Gasteiger partial charge in [0.05, 0.1) is 6.04 Å². The van der Waals surface area contributed by atoms with E-state index < -0.39 is 0 Å². The van der Waals surface area contributed by atoms with Gasteiger partial charge >= 0.3 is 0 Å². The van der Waals surface area contributed by atoms with Gasteiger partial charge in [0.25, 0.3) is 0 Å². The van der Waals surface area contributed by atoms with Crippen molar-refractivity contribution in [1.29, 1.82) is 0 Å². The lowest BCUT2D eigenvalue weighted by atomic mass is 9.92. The van der Waals surface area contributed by atoms with Gasteiger partial charge in [-0.1, -0.05) is 30.3 Å². The SMILES string of the molecule is CC1CC(C(=O)NC(CN(C)C)c2ccccc2)CCN1. The Bertz CT molecular complexity index is 447. The predicted octanol–water partition coefficient (Wildman–Crippen LogP) is 1.79. The number of amides is 1. The number of nitrogens with zero attached hydrogens (tertiary/aromatic N) is 1. The van der Waals surface area contributed by atoms with Crippen LogP contribution in [0.3, 0.4) is 0 Å². The van der Waals surface area contributed by atoms with Gasteiger partial charge in [-0.05, 0) is 46.0 Å². The first-order valence-corrected chi connectivity index (χ1v) is 7.79. The lowest BCUT2D eigenvalue weighted by Crippen LogP contribution is -2.44. The number of benzene rings is 1. The fraction of sp³-hybridized carbons (Fsp3) is 0.588. The fourth-order valence-corrected chi connectivity index (χ4v) is 2.94. The third kappa shape index (κ3) is 4.83. The normalized spacial score (nSPS) is 23.8.